The second-order valence-corrected chi connectivity index (χ2v) is 7.16. The topological polar surface area (TPSA) is 66.1 Å². The van der Waals surface area contributed by atoms with E-state index in [2.05, 4.69) is 9.97 Å². The lowest BCUT2D eigenvalue weighted by Gasteiger charge is -2.23. The van der Waals surface area contributed by atoms with Gasteiger partial charge in [0.05, 0.1) is 6.54 Å². The summed E-state index contributed by atoms with van der Waals surface area (Å²) in [4.78, 5) is 34.7. The predicted octanol–water partition coefficient (Wildman–Crippen LogP) is 4.39. The molecule has 5 nitrogen and oxygen atoms in total. The average Bonchev–Trinajstić information content (AvgIpc) is 2.72. The molecule has 144 valence electrons. The van der Waals surface area contributed by atoms with E-state index in [0.717, 1.165) is 27.7 Å². The molecule has 0 fully saturated rings. The van der Waals surface area contributed by atoms with Crippen molar-refractivity contribution in [1.82, 2.24) is 9.97 Å². The van der Waals surface area contributed by atoms with Crippen molar-refractivity contribution in [2.75, 3.05) is 4.90 Å². The molecule has 0 atom stereocenters. The summed E-state index contributed by atoms with van der Waals surface area (Å²) in [6, 6.07) is 20.7. The number of hydrogen-bond acceptors (Lipinski definition) is 3. The van der Waals surface area contributed by atoms with Gasteiger partial charge in [-0.1, -0.05) is 30.3 Å². The number of nitrogens with zero attached hydrogens (tertiary/aromatic N) is 2. The van der Waals surface area contributed by atoms with Crippen molar-refractivity contribution in [3.05, 3.63) is 106 Å². The van der Waals surface area contributed by atoms with Gasteiger partial charge in [-0.25, -0.2) is 0 Å². The average molecular weight is 383 g/mol. The fourth-order valence-corrected chi connectivity index (χ4v) is 3.35. The van der Waals surface area contributed by atoms with Gasteiger partial charge in [0.15, 0.2) is 0 Å². The molecule has 1 N–H and O–H groups in total. The lowest BCUT2D eigenvalue weighted by molar-refractivity contribution is 0.0980. The second-order valence-electron chi connectivity index (χ2n) is 7.16. The van der Waals surface area contributed by atoms with E-state index in [4.69, 9.17) is 0 Å². The Labute approximate surface area is 168 Å². The molecule has 2 heterocycles. The summed E-state index contributed by atoms with van der Waals surface area (Å²) >= 11 is 0. The number of hydrogen-bond donors (Lipinski definition) is 1. The minimum atomic E-state index is -0.250. The Bertz CT molecular complexity index is 1250. The van der Waals surface area contributed by atoms with Crippen molar-refractivity contribution in [1.29, 1.82) is 0 Å². The monoisotopic (exact) mass is 383 g/mol. The van der Waals surface area contributed by atoms with Crippen molar-refractivity contribution in [2.24, 2.45) is 0 Å². The van der Waals surface area contributed by atoms with Crippen LogP contribution in [-0.4, -0.2) is 15.9 Å². The van der Waals surface area contributed by atoms with Crippen molar-refractivity contribution in [3.63, 3.8) is 0 Å². The van der Waals surface area contributed by atoms with Crippen molar-refractivity contribution < 1.29 is 4.79 Å². The third kappa shape index (κ3) is 3.94. The van der Waals surface area contributed by atoms with Gasteiger partial charge in [0, 0.05) is 23.0 Å². The number of benzene rings is 2. The number of aryl methyl sites for hydroxylation is 2. The van der Waals surface area contributed by atoms with Crippen LogP contribution in [0.4, 0.5) is 5.69 Å². The molecule has 2 aromatic carbocycles. The van der Waals surface area contributed by atoms with Gasteiger partial charge >= 0.3 is 0 Å². The summed E-state index contributed by atoms with van der Waals surface area (Å²) in [5.41, 5.74) is 4.28. The number of carbonyl (C=O) groups excluding carboxylic acids is 1. The number of H-pyrrole nitrogens is 1. The normalized spacial score (nSPS) is 10.8. The van der Waals surface area contributed by atoms with Crippen LogP contribution in [0, 0.1) is 13.8 Å². The molecule has 0 aliphatic carbocycles. The second kappa shape index (κ2) is 7.72. The van der Waals surface area contributed by atoms with E-state index in [1.807, 2.05) is 62.4 Å². The molecule has 0 bridgehead atoms. The zero-order valence-corrected chi connectivity index (χ0v) is 16.3. The number of anilines is 1. The van der Waals surface area contributed by atoms with Gasteiger partial charge in [-0.2, -0.15) is 0 Å². The highest BCUT2D eigenvalue weighted by Crippen LogP contribution is 2.21. The third-order valence-corrected chi connectivity index (χ3v) is 4.85. The predicted molar refractivity (Wildman–Crippen MR) is 115 cm³/mol. The number of pyridine rings is 2. The molecule has 2 aromatic heterocycles. The SMILES string of the molecule is Cc1cccc(N(Cc2cc3ccc(C)cc3[nH]c2=O)C(=O)c2ccccn2)c1. The number of aromatic amines is 1. The van der Waals surface area contributed by atoms with E-state index in [-0.39, 0.29) is 18.0 Å². The van der Waals surface area contributed by atoms with E-state index in [9.17, 15) is 9.59 Å². The standard InChI is InChI=1S/C24H21N3O2/c1-16-6-5-7-20(12-16)27(24(29)21-8-3-4-11-25-21)15-19-14-18-10-9-17(2)13-22(18)26-23(19)28/h3-14H,15H2,1-2H3,(H,26,28). The van der Waals surface area contributed by atoms with Crippen molar-refractivity contribution >= 4 is 22.5 Å². The number of aromatic nitrogens is 2. The third-order valence-electron chi connectivity index (χ3n) is 4.85. The first-order valence-electron chi connectivity index (χ1n) is 9.43. The van der Waals surface area contributed by atoms with Crippen molar-refractivity contribution in [2.45, 2.75) is 20.4 Å². The Morgan fingerprint density at radius 2 is 1.79 bits per heavy atom. The van der Waals surface area contributed by atoms with E-state index in [1.54, 1.807) is 29.3 Å². The summed E-state index contributed by atoms with van der Waals surface area (Å²) in [7, 11) is 0. The Hall–Kier alpha value is -3.73. The Kier molecular flexibility index (Phi) is 4.96. The fraction of sp³-hybridized carbons (Fsp3) is 0.125. The lowest BCUT2D eigenvalue weighted by atomic mass is 10.1. The highest BCUT2D eigenvalue weighted by molar-refractivity contribution is 6.04. The zero-order chi connectivity index (χ0) is 20.4. The maximum atomic E-state index is 13.2. The van der Waals surface area contributed by atoms with Gasteiger partial charge in [0.1, 0.15) is 5.69 Å². The molecule has 4 rings (SSSR count). The highest BCUT2D eigenvalue weighted by atomic mass is 16.2. The maximum Gasteiger partial charge on any atom is 0.277 e. The molecular formula is C24H21N3O2. The Balaban J connectivity index is 1.79. The molecule has 5 heteroatoms. The molecule has 0 aliphatic heterocycles. The van der Waals surface area contributed by atoms with Crippen LogP contribution in [0.3, 0.4) is 0 Å². The highest BCUT2D eigenvalue weighted by Gasteiger charge is 2.21. The van der Waals surface area contributed by atoms with Gasteiger partial charge in [0.2, 0.25) is 0 Å². The van der Waals surface area contributed by atoms with Crippen LogP contribution >= 0.6 is 0 Å². The first-order valence-corrected chi connectivity index (χ1v) is 9.43. The summed E-state index contributed by atoms with van der Waals surface area (Å²) in [6.07, 6.45) is 1.59. The first-order chi connectivity index (χ1) is 14.0. The number of fused-ring (bicyclic) bond motifs is 1. The molecule has 0 unspecified atom stereocenters. The van der Waals surface area contributed by atoms with Gasteiger partial charge in [-0.15, -0.1) is 0 Å². The molecular weight excluding hydrogens is 362 g/mol. The fourth-order valence-electron chi connectivity index (χ4n) is 3.35. The van der Waals surface area contributed by atoms with Gasteiger partial charge in [-0.05, 0) is 66.8 Å². The van der Waals surface area contributed by atoms with Gasteiger partial charge < -0.3 is 9.88 Å². The summed E-state index contributed by atoms with van der Waals surface area (Å²) in [6.45, 7) is 4.10. The molecule has 29 heavy (non-hydrogen) atoms. The van der Waals surface area contributed by atoms with Crippen molar-refractivity contribution in [3.8, 4) is 0 Å². The summed E-state index contributed by atoms with van der Waals surface area (Å²) in [5, 5.41) is 0.930. The zero-order valence-electron chi connectivity index (χ0n) is 16.3. The van der Waals surface area contributed by atoms with Crippen LogP contribution in [-0.2, 0) is 6.54 Å². The number of carbonyl (C=O) groups is 1. The minimum absolute atomic E-state index is 0.151. The maximum absolute atomic E-state index is 13.2. The largest absolute Gasteiger partial charge is 0.322 e. The van der Waals surface area contributed by atoms with Crippen LogP contribution < -0.4 is 10.5 Å². The van der Waals surface area contributed by atoms with E-state index in [0.29, 0.717) is 11.3 Å². The quantitative estimate of drug-likeness (QED) is 0.568. The smallest absolute Gasteiger partial charge is 0.277 e. The van der Waals surface area contributed by atoms with E-state index in [1.165, 1.54) is 0 Å². The van der Waals surface area contributed by atoms with Crippen LogP contribution in [0.25, 0.3) is 10.9 Å². The minimum Gasteiger partial charge on any atom is -0.322 e. The van der Waals surface area contributed by atoms with Crippen LogP contribution in [0.5, 0.6) is 0 Å². The van der Waals surface area contributed by atoms with Crippen LogP contribution in [0.2, 0.25) is 0 Å². The molecule has 0 radical (unpaired) electrons. The van der Waals surface area contributed by atoms with Crippen LogP contribution in [0.1, 0.15) is 27.2 Å². The summed E-state index contributed by atoms with van der Waals surface area (Å²) < 4.78 is 0. The molecule has 1 amide bonds. The number of nitrogens with one attached hydrogen (secondary N) is 1. The molecule has 0 aliphatic rings. The number of rotatable bonds is 4. The van der Waals surface area contributed by atoms with Crippen LogP contribution in [0.15, 0.2) is 77.7 Å². The van der Waals surface area contributed by atoms with E-state index < -0.39 is 0 Å². The Morgan fingerprint density at radius 3 is 2.55 bits per heavy atom. The molecule has 0 saturated carbocycles. The van der Waals surface area contributed by atoms with Gasteiger partial charge in [-0.3, -0.25) is 14.6 Å². The first kappa shape index (κ1) is 18.6. The summed E-state index contributed by atoms with van der Waals surface area (Å²) in [5.74, 6) is -0.250. The molecule has 4 aromatic rings. The Morgan fingerprint density at radius 1 is 0.966 bits per heavy atom. The van der Waals surface area contributed by atoms with Gasteiger partial charge in [0.25, 0.3) is 11.5 Å². The molecule has 0 saturated heterocycles. The number of amides is 1. The lowest BCUT2D eigenvalue weighted by Crippen LogP contribution is -2.33. The molecule has 0 spiro atoms. The van der Waals surface area contributed by atoms with E-state index >= 15 is 0 Å².